The van der Waals surface area contributed by atoms with Crippen molar-refractivity contribution in [2.75, 3.05) is 19.8 Å². The Morgan fingerprint density at radius 3 is 2.60 bits per heavy atom. The Morgan fingerprint density at radius 1 is 1.11 bits per heavy atom. The van der Waals surface area contributed by atoms with Crippen LogP contribution >= 0.6 is 0 Å². The van der Waals surface area contributed by atoms with Crippen LogP contribution in [0.1, 0.15) is 25.8 Å². The van der Waals surface area contributed by atoms with Gasteiger partial charge in [0.25, 0.3) is 0 Å². The number of carbonyl (C=O) groups excluding carboxylic acids is 3. The minimum atomic E-state index is -1.31. The van der Waals surface area contributed by atoms with E-state index in [0.29, 0.717) is 19.5 Å². The predicted molar refractivity (Wildman–Crippen MR) is 127 cm³/mol. The molecule has 1 N–H and O–H groups in total. The van der Waals surface area contributed by atoms with Crippen molar-refractivity contribution in [3.63, 3.8) is 0 Å². The Kier molecular flexibility index (Phi) is 6.27. The summed E-state index contributed by atoms with van der Waals surface area (Å²) in [5.41, 5.74) is -0.331. The van der Waals surface area contributed by atoms with Gasteiger partial charge in [-0.2, -0.15) is 0 Å². The zero-order valence-electron chi connectivity index (χ0n) is 20.1. The van der Waals surface area contributed by atoms with E-state index in [9.17, 15) is 19.5 Å². The first kappa shape index (κ1) is 23.8. The number of ether oxygens (including phenoxy) is 2. The summed E-state index contributed by atoms with van der Waals surface area (Å²) < 4.78 is 11.9. The fraction of sp³-hybridized carbons (Fsp3) is 0.519. The molecule has 2 saturated heterocycles. The quantitative estimate of drug-likeness (QED) is 0.492. The topological polar surface area (TPSA) is 96.4 Å². The van der Waals surface area contributed by atoms with Crippen molar-refractivity contribution in [2.24, 2.45) is 17.8 Å². The van der Waals surface area contributed by atoms with Gasteiger partial charge in [-0.3, -0.25) is 14.4 Å². The lowest BCUT2D eigenvalue weighted by Gasteiger charge is -2.39. The molecule has 4 heterocycles. The van der Waals surface area contributed by atoms with Crippen LogP contribution in [0.25, 0.3) is 0 Å². The minimum Gasteiger partial charge on any atom is -0.461 e. The number of esters is 1. The Labute approximate surface area is 205 Å². The van der Waals surface area contributed by atoms with Crippen LogP contribution in [-0.4, -0.2) is 76.2 Å². The van der Waals surface area contributed by atoms with E-state index in [-0.39, 0.29) is 30.9 Å². The number of aliphatic hydroxyl groups is 1. The molecule has 6 atom stereocenters. The highest BCUT2D eigenvalue weighted by Crippen LogP contribution is 2.54. The molecule has 0 aromatic heterocycles. The van der Waals surface area contributed by atoms with Gasteiger partial charge in [0.2, 0.25) is 11.8 Å². The highest BCUT2D eigenvalue weighted by atomic mass is 16.6. The number of aliphatic hydroxyl groups excluding tert-OH is 1. The zero-order valence-corrected chi connectivity index (χ0v) is 20.1. The molecule has 2 fully saturated rings. The number of benzene rings is 1. The molecule has 2 amide bonds. The van der Waals surface area contributed by atoms with Gasteiger partial charge in [-0.1, -0.05) is 62.4 Å². The van der Waals surface area contributed by atoms with Crippen LogP contribution in [0.2, 0.25) is 0 Å². The smallest absolute Gasteiger partial charge is 0.313 e. The van der Waals surface area contributed by atoms with Crippen molar-refractivity contribution in [1.29, 1.82) is 0 Å². The molecule has 0 radical (unpaired) electrons. The van der Waals surface area contributed by atoms with Crippen molar-refractivity contribution in [3.05, 3.63) is 60.2 Å². The number of fused-ring (bicyclic) bond motifs is 2. The lowest BCUT2D eigenvalue weighted by Crippen LogP contribution is -2.58. The van der Waals surface area contributed by atoms with E-state index in [1.165, 1.54) is 4.90 Å². The fourth-order valence-corrected chi connectivity index (χ4v) is 6.11. The second-order valence-electron chi connectivity index (χ2n) is 10.2. The van der Waals surface area contributed by atoms with Crippen LogP contribution in [0.5, 0.6) is 0 Å². The average molecular weight is 481 g/mol. The molecule has 0 bridgehead atoms. The van der Waals surface area contributed by atoms with E-state index < -0.39 is 41.6 Å². The van der Waals surface area contributed by atoms with E-state index >= 15 is 0 Å². The van der Waals surface area contributed by atoms with Crippen molar-refractivity contribution < 1.29 is 29.0 Å². The Hall–Kier alpha value is -2.97. The van der Waals surface area contributed by atoms with Crippen LogP contribution in [0.4, 0.5) is 0 Å². The molecule has 1 aromatic carbocycles. The highest BCUT2D eigenvalue weighted by Gasteiger charge is 2.72. The number of amides is 2. The van der Waals surface area contributed by atoms with Crippen molar-refractivity contribution in [1.82, 2.24) is 9.80 Å². The zero-order chi connectivity index (χ0) is 24.7. The Bertz CT molecular complexity index is 1050. The summed E-state index contributed by atoms with van der Waals surface area (Å²) in [6.07, 6.45) is 7.02. The first-order chi connectivity index (χ1) is 16.9. The van der Waals surface area contributed by atoms with Gasteiger partial charge in [-0.25, -0.2) is 0 Å². The summed E-state index contributed by atoms with van der Waals surface area (Å²) in [5.74, 6) is -2.63. The summed E-state index contributed by atoms with van der Waals surface area (Å²) in [6, 6.07) is 8.14. The van der Waals surface area contributed by atoms with Gasteiger partial charge < -0.3 is 24.4 Å². The van der Waals surface area contributed by atoms with E-state index in [2.05, 4.69) is 0 Å². The number of likely N-dealkylation sites (tertiary alicyclic amines) is 1. The second kappa shape index (κ2) is 9.24. The van der Waals surface area contributed by atoms with E-state index in [1.54, 1.807) is 17.1 Å². The Morgan fingerprint density at radius 2 is 1.89 bits per heavy atom. The van der Waals surface area contributed by atoms with Crippen molar-refractivity contribution in [3.8, 4) is 0 Å². The van der Waals surface area contributed by atoms with Gasteiger partial charge in [0.15, 0.2) is 0 Å². The van der Waals surface area contributed by atoms with Crippen LogP contribution in [0, 0.1) is 17.8 Å². The first-order valence-electron chi connectivity index (χ1n) is 12.3. The molecule has 0 saturated carbocycles. The van der Waals surface area contributed by atoms with E-state index in [4.69, 9.17) is 9.47 Å². The van der Waals surface area contributed by atoms with Gasteiger partial charge >= 0.3 is 5.97 Å². The third kappa shape index (κ3) is 3.89. The number of rotatable bonds is 6. The van der Waals surface area contributed by atoms with Gasteiger partial charge in [-0.05, 0) is 24.0 Å². The summed E-state index contributed by atoms with van der Waals surface area (Å²) >= 11 is 0. The first-order valence-corrected chi connectivity index (χ1v) is 12.3. The SMILES string of the molecule is CC(C)C[C@H](CO)N1C(=O)[C@@H]2[C@@H]3C(=O)OCC=C[C@@H]3O[C@@]23C=CCN(Cc2ccccc2)C(=O)C13. The van der Waals surface area contributed by atoms with Crippen LogP contribution in [0.3, 0.4) is 0 Å². The molecule has 1 unspecified atom stereocenters. The maximum Gasteiger partial charge on any atom is 0.313 e. The fourth-order valence-electron chi connectivity index (χ4n) is 6.11. The summed E-state index contributed by atoms with van der Waals surface area (Å²) in [6.45, 7) is 4.60. The third-order valence-corrected chi connectivity index (χ3v) is 7.50. The van der Waals surface area contributed by atoms with Crippen molar-refractivity contribution >= 4 is 17.8 Å². The maximum absolute atomic E-state index is 14.2. The highest BCUT2D eigenvalue weighted by molar-refractivity contribution is 5.99. The molecule has 1 spiro atoms. The molecule has 8 nitrogen and oxygen atoms in total. The predicted octanol–water partition coefficient (Wildman–Crippen LogP) is 1.69. The minimum absolute atomic E-state index is 0.127. The summed E-state index contributed by atoms with van der Waals surface area (Å²) in [4.78, 5) is 44.4. The number of nitrogens with zero attached hydrogens (tertiary/aromatic N) is 2. The average Bonchev–Trinajstić information content (AvgIpc) is 3.15. The monoisotopic (exact) mass is 480 g/mol. The maximum atomic E-state index is 14.2. The molecule has 4 aliphatic heterocycles. The third-order valence-electron chi connectivity index (χ3n) is 7.50. The van der Waals surface area contributed by atoms with Crippen molar-refractivity contribution in [2.45, 2.75) is 50.6 Å². The molecule has 1 aromatic rings. The number of hydrogen-bond donors (Lipinski definition) is 1. The molecule has 5 rings (SSSR count). The molecular weight excluding hydrogens is 448 g/mol. The van der Waals surface area contributed by atoms with E-state index in [0.717, 1.165) is 5.56 Å². The second-order valence-corrected chi connectivity index (χ2v) is 10.2. The molecular formula is C27H32N2O6. The van der Waals surface area contributed by atoms with Gasteiger partial charge in [0, 0.05) is 13.1 Å². The normalized spacial score (nSPS) is 32.7. The molecule has 4 aliphatic rings. The Balaban J connectivity index is 1.59. The standard InChI is InChI=1S/C27H32N2O6/c1-17(2)14-19(16-30)29-23-25(32)28(15-18-8-4-3-5-9-18)12-7-11-27(23)22(24(29)31)21-20(35-27)10-6-13-34-26(21)33/h3-11,17,19-23,30H,12-16H2,1-2H3/t19-,20+,21-,22+,23?,27+/m1/s1. The van der Waals surface area contributed by atoms with Gasteiger partial charge in [0.1, 0.15) is 24.2 Å². The number of hydrogen-bond acceptors (Lipinski definition) is 6. The van der Waals surface area contributed by atoms with Crippen LogP contribution in [-0.2, 0) is 30.4 Å². The van der Waals surface area contributed by atoms with E-state index in [1.807, 2.05) is 56.3 Å². The summed E-state index contributed by atoms with van der Waals surface area (Å²) in [5, 5.41) is 10.3. The van der Waals surface area contributed by atoms with Crippen LogP contribution in [0.15, 0.2) is 54.6 Å². The van der Waals surface area contributed by atoms with Crippen LogP contribution < -0.4 is 0 Å². The number of carbonyl (C=O) groups is 3. The van der Waals surface area contributed by atoms with Gasteiger partial charge in [-0.15, -0.1) is 0 Å². The lowest BCUT2D eigenvalue weighted by molar-refractivity contribution is -0.155. The molecule has 8 heteroatoms. The summed E-state index contributed by atoms with van der Waals surface area (Å²) in [7, 11) is 0. The molecule has 0 aliphatic carbocycles. The lowest BCUT2D eigenvalue weighted by atomic mass is 9.78. The molecule has 35 heavy (non-hydrogen) atoms. The number of cyclic esters (lactones) is 1. The van der Waals surface area contributed by atoms with Gasteiger partial charge in [0.05, 0.1) is 24.7 Å². The molecule has 186 valence electrons. The largest absolute Gasteiger partial charge is 0.461 e.